The predicted molar refractivity (Wildman–Crippen MR) is 69.7 cm³/mol. The third-order valence-corrected chi connectivity index (χ3v) is 2.13. The second kappa shape index (κ2) is 6.48. The van der Waals surface area contributed by atoms with Crippen molar-refractivity contribution < 1.29 is 14.7 Å². The van der Waals surface area contributed by atoms with Crippen LogP contribution in [0.3, 0.4) is 0 Å². The summed E-state index contributed by atoms with van der Waals surface area (Å²) in [5.41, 5.74) is 0.505. The number of benzene rings is 1. The van der Waals surface area contributed by atoms with E-state index in [0.29, 0.717) is 6.54 Å². The minimum Gasteiger partial charge on any atom is -0.504 e. The molecule has 18 heavy (non-hydrogen) atoms. The molecule has 0 radical (unpaired) electrons. The van der Waals surface area contributed by atoms with Gasteiger partial charge in [0.2, 0.25) is 5.91 Å². The summed E-state index contributed by atoms with van der Waals surface area (Å²) in [5, 5.41) is 17.5. The van der Waals surface area contributed by atoms with Crippen molar-refractivity contribution in [3.8, 4) is 5.75 Å². The van der Waals surface area contributed by atoms with Gasteiger partial charge in [-0.15, -0.1) is 0 Å². The van der Waals surface area contributed by atoms with Gasteiger partial charge >= 0.3 is 6.03 Å². The minimum absolute atomic E-state index is 0.167. The van der Waals surface area contributed by atoms with Gasteiger partial charge in [-0.3, -0.25) is 4.79 Å². The summed E-state index contributed by atoms with van der Waals surface area (Å²) in [6.07, 6.45) is 0.825. The first-order valence-corrected chi connectivity index (χ1v) is 5.69. The van der Waals surface area contributed by atoms with E-state index in [0.717, 1.165) is 6.42 Å². The van der Waals surface area contributed by atoms with Crippen molar-refractivity contribution in [3.63, 3.8) is 0 Å². The molecule has 0 fully saturated rings. The molecule has 0 aliphatic heterocycles. The van der Waals surface area contributed by atoms with Gasteiger partial charge in [0, 0.05) is 13.5 Å². The lowest BCUT2D eigenvalue weighted by molar-refractivity contribution is -0.114. The van der Waals surface area contributed by atoms with Crippen LogP contribution in [-0.4, -0.2) is 23.6 Å². The number of nitrogens with one attached hydrogen (secondary N) is 3. The topological polar surface area (TPSA) is 90.5 Å². The lowest BCUT2D eigenvalue weighted by Gasteiger charge is -2.11. The van der Waals surface area contributed by atoms with E-state index < -0.39 is 6.03 Å². The van der Waals surface area contributed by atoms with Crippen LogP contribution in [-0.2, 0) is 4.79 Å². The molecular formula is C12H17N3O3. The highest BCUT2D eigenvalue weighted by atomic mass is 16.3. The number of phenolic OH excluding ortho intramolecular Hbond substituents is 1. The van der Waals surface area contributed by atoms with Gasteiger partial charge in [-0.1, -0.05) is 13.0 Å². The second-order valence-corrected chi connectivity index (χ2v) is 3.76. The quantitative estimate of drug-likeness (QED) is 0.616. The molecule has 0 bridgehead atoms. The molecule has 6 nitrogen and oxygen atoms in total. The Kier molecular flexibility index (Phi) is 4.98. The summed E-state index contributed by atoms with van der Waals surface area (Å²) >= 11 is 0. The highest BCUT2D eigenvalue weighted by molar-refractivity contribution is 5.95. The Morgan fingerprint density at radius 2 is 1.83 bits per heavy atom. The van der Waals surface area contributed by atoms with Crippen LogP contribution >= 0.6 is 0 Å². The van der Waals surface area contributed by atoms with Crippen LogP contribution in [0.2, 0.25) is 0 Å². The fourth-order valence-electron chi connectivity index (χ4n) is 1.34. The maximum Gasteiger partial charge on any atom is 0.319 e. The Morgan fingerprint density at radius 3 is 2.39 bits per heavy atom. The van der Waals surface area contributed by atoms with Crippen LogP contribution in [0, 0.1) is 0 Å². The number of amides is 3. The van der Waals surface area contributed by atoms with Crippen LogP contribution < -0.4 is 16.0 Å². The Bertz CT molecular complexity index is 446. The van der Waals surface area contributed by atoms with E-state index in [-0.39, 0.29) is 23.0 Å². The molecule has 0 aliphatic carbocycles. The maximum atomic E-state index is 11.4. The van der Waals surface area contributed by atoms with Crippen molar-refractivity contribution in [2.75, 3.05) is 17.2 Å². The summed E-state index contributed by atoms with van der Waals surface area (Å²) in [6, 6.07) is 4.32. The molecule has 1 rings (SSSR count). The Labute approximate surface area is 105 Å². The van der Waals surface area contributed by atoms with Crippen LogP contribution in [0.25, 0.3) is 0 Å². The fourth-order valence-corrected chi connectivity index (χ4v) is 1.34. The molecule has 0 unspecified atom stereocenters. The van der Waals surface area contributed by atoms with E-state index in [9.17, 15) is 14.7 Å². The third kappa shape index (κ3) is 3.97. The number of anilines is 2. The monoisotopic (exact) mass is 251 g/mol. The molecule has 1 aromatic rings. The largest absolute Gasteiger partial charge is 0.504 e. The molecule has 0 atom stereocenters. The van der Waals surface area contributed by atoms with Gasteiger partial charge in [-0.2, -0.15) is 0 Å². The zero-order valence-corrected chi connectivity index (χ0v) is 10.4. The first-order chi connectivity index (χ1) is 8.54. The normalized spacial score (nSPS) is 9.67. The molecule has 6 heteroatoms. The van der Waals surface area contributed by atoms with E-state index in [1.54, 1.807) is 18.2 Å². The lowest BCUT2D eigenvalue weighted by atomic mass is 10.2. The van der Waals surface area contributed by atoms with Crippen LogP contribution in [0.15, 0.2) is 18.2 Å². The highest BCUT2D eigenvalue weighted by Gasteiger charge is 2.10. The van der Waals surface area contributed by atoms with Gasteiger partial charge in [-0.25, -0.2) is 4.79 Å². The highest BCUT2D eigenvalue weighted by Crippen LogP contribution is 2.31. The number of rotatable bonds is 4. The van der Waals surface area contributed by atoms with Crippen molar-refractivity contribution in [3.05, 3.63) is 18.2 Å². The average Bonchev–Trinajstić information content (AvgIpc) is 2.31. The smallest absolute Gasteiger partial charge is 0.319 e. The van der Waals surface area contributed by atoms with Gasteiger partial charge in [-0.05, 0) is 18.6 Å². The number of carbonyl (C=O) groups is 2. The summed E-state index contributed by atoms with van der Waals surface area (Å²) in [4.78, 5) is 22.4. The number of aromatic hydroxyl groups is 1. The third-order valence-electron chi connectivity index (χ3n) is 2.13. The molecule has 4 N–H and O–H groups in total. The SMILES string of the molecule is CCCNC(=O)Nc1cccc(NC(C)=O)c1O. The molecular weight excluding hydrogens is 234 g/mol. The van der Waals surface area contributed by atoms with Gasteiger partial charge in [0.25, 0.3) is 0 Å². The molecule has 0 aromatic heterocycles. The van der Waals surface area contributed by atoms with Crippen molar-refractivity contribution in [1.82, 2.24) is 5.32 Å². The molecule has 0 saturated heterocycles. The number of hydrogen-bond acceptors (Lipinski definition) is 3. The molecule has 0 saturated carbocycles. The fraction of sp³-hybridized carbons (Fsp3) is 0.333. The average molecular weight is 251 g/mol. The van der Waals surface area contributed by atoms with E-state index in [2.05, 4.69) is 16.0 Å². The molecule has 0 heterocycles. The van der Waals surface area contributed by atoms with Gasteiger partial charge in [0.15, 0.2) is 5.75 Å². The van der Waals surface area contributed by atoms with Crippen LogP contribution in [0.4, 0.5) is 16.2 Å². The first kappa shape index (κ1) is 13.8. The zero-order valence-electron chi connectivity index (χ0n) is 10.4. The van der Waals surface area contributed by atoms with E-state index in [1.165, 1.54) is 6.92 Å². The van der Waals surface area contributed by atoms with Crippen molar-refractivity contribution in [1.29, 1.82) is 0 Å². The summed E-state index contributed by atoms with van der Waals surface area (Å²) < 4.78 is 0. The summed E-state index contributed by atoms with van der Waals surface area (Å²) in [6.45, 7) is 3.83. The Morgan fingerprint density at radius 1 is 1.22 bits per heavy atom. The number of phenols is 1. The van der Waals surface area contributed by atoms with E-state index in [4.69, 9.17) is 0 Å². The van der Waals surface area contributed by atoms with Gasteiger partial charge in [0.1, 0.15) is 0 Å². The Balaban J connectivity index is 2.77. The van der Waals surface area contributed by atoms with Gasteiger partial charge < -0.3 is 21.1 Å². The molecule has 0 aliphatic rings. The first-order valence-electron chi connectivity index (χ1n) is 5.69. The summed E-state index contributed by atoms with van der Waals surface area (Å²) in [7, 11) is 0. The molecule has 0 spiro atoms. The van der Waals surface area contributed by atoms with Crippen LogP contribution in [0.1, 0.15) is 20.3 Å². The maximum absolute atomic E-state index is 11.4. The van der Waals surface area contributed by atoms with Crippen LogP contribution in [0.5, 0.6) is 5.75 Å². The predicted octanol–water partition coefficient (Wildman–Crippen LogP) is 1.88. The number of carbonyl (C=O) groups excluding carboxylic acids is 2. The Hall–Kier alpha value is -2.24. The molecule has 1 aromatic carbocycles. The van der Waals surface area contributed by atoms with Crippen molar-refractivity contribution in [2.45, 2.75) is 20.3 Å². The number of urea groups is 1. The van der Waals surface area contributed by atoms with E-state index in [1.807, 2.05) is 6.92 Å². The van der Waals surface area contributed by atoms with Crippen molar-refractivity contribution in [2.24, 2.45) is 0 Å². The zero-order chi connectivity index (χ0) is 13.5. The number of hydrogen-bond donors (Lipinski definition) is 4. The lowest BCUT2D eigenvalue weighted by Crippen LogP contribution is -2.29. The van der Waals surface area contributed by atoms with Gasteiger partial charge in [0.05, 0.1) is 11.4 Å². The molecule has 3 amide bonds. The molecule has 98 valence electrons. The second-order valence-electron chi connectivity index (χ2n) is 3.76. The minimum atomic E-state index is -0.396. The number of para-hydroxylation sites is 1. The summed E-state index contributed by atoms with van der Waals surface area (Å²) in [5.74, 6) is -0.461. The van der Waals surface area contributed by atoms with Crippen molar-refractivity contribution >= 4 is 23.3 Å². The standard InChI is InChI=1S/C12H17N3O3/c1-3-7-13-12(18)15-10-6-4-5-9(11(10)17)14-8(2)16/h4-6,17H,3,7H2,1-2H3,(H,14,16)(H2,13,15,18). The van der Waals surface area contributed by atoms with E-state index >= 15 is 0 Å².